The average molecular weight is 525 g/mol. The van der Waals surface area contributed by atoms with Crippen LogP contribution in [0.15, 0.2) is 66.7 Å². The van der Waals surface area contributed by atoms with Crippen LogP contribution >= 0.6 is 0 Å². The summed E-state index contributed by atoms with van der Waals surface area (Å²) in [5.41, 5.74) is 1.01. The maximum atomic E-state index is 13.5. The van der Waals surface area contributed by atoms with Crippen LogP contribution in [0.25, 0.3) is 11.1 Å². The fraction of sp³-hybridized carbons (Fsp3) is 0.276. The van der Waals surface area contributed by atoms with Crippen LogP contribution in [0.1, 0.15) is 71.1 Å². The second-order valence-electron chi connectivity index (χ2n) is 10.0. The predicted molar refractivity (Wildman–Crippen MR) is 135 cm³/mol. The van der Waals surface area contributed by atoms with Crippen molar-refractivity contribution in [2.24, 2.45) is 0 Å². The first kappa shape index (κ1) is 26.9. The third-order valence-corrected chi connectivity index (χ3v) is 6.18. The van der Waals surface area contributed by atoms with Crippen LogP contribution in [-0.2, 0) is 17.5 Å². The molecule has 0 unspecified atom stereocenters. The SMILES string of the molecule is C[C@H](c1ccc(-c2cc(C(F)(F)F)ccc2CNC(=O)OC(C)(C)C)cc1)N1C(=O)c2ccccc2C1=O. The summed E-state index contributed by atoms with van der Waals surface area (Å²) in [6.07, 6.45) is -5.24. The summed E-state index contributed by atoms with van der Waals surface area (Å²) in [7, 11) is 0. The molecule has 3 aromatic rings. The highest BCUT2D eigenvalue weighted by Crippen LogP contribution is 2.36. The lowest BCUT2D eigenvalue weighted by molar-refractivity contribution is -0.137. The molecule has 1 heterocycles. The first-order valence-corrected chi connectivity index (χ1v) is 12.0. The van der Waals surface area contributed by atoms with Crippen LogP contribution in [0, 0.1) is 0 Å². The number of benzene rings is 3. The fourth-order valence-corrected chi connectivity index (χ4v) is 4.31. The largest absolute Gasteiger partial charge is 0.444 e. The van der Waals surface area contributed by atoms with Crippen LogP contribution in [-0.4, -0.2) is 28.4 Å². The van der Waals surface area contributed by atoms with E-state index in [2.05, 4.69) is 5.32 Å². The number of alkyl halides is 3. The molecular formula is C29H27F3N2O4. The zero-order valence-corrected chi connectivity index (χ0v) is 21.3. The number of ether oxygens (including phenoxy) is 1. The summed E-state index contributed by atoms with van der Waals surface area (Å²) in [5, 5.41) is 2.58. The summed E-state index contributed by atoms with van der Waals surface area (Å²) < 4.78 is 45.7. The summed E-state index contributed by atoms with van der Waals surface area (Å²) in [6.45, 7) is 6.80. The minimum absolute atomic E-state index is 0.0461. The van der Waals surface area contributed by atoms with Gasteiger partial charge in [0.25, 0.3) is 11.8 Å². The van der Waals surface area contributed by atoms with Crippen LogP contribution in [0.2, 0.25) is 0 Å². The molecule has 0 bridgehead atoms. The minimum atomic E-state index is -4.55. The van der Waals surface area contributed by atoms with Crippen molar-refractivity contribution in [3.05, 3.63) is 94.5 Å². The van der Waals surface area contributed by atoms with E-state index in [1.807, 2.05) is 0 Å². The van der Waals surface area contributed by atoms with Gasteiger partial charge in [0.15, 0.2) is 0 Å². The van der Waals surface area contributed by atoms with Crippen molar-refractivity contribution in [3.8, 4) is 11.1 Å². The number of amides is 3. The second kappa shape index (κ2) is 9.96. The van der Waals surface area contributed by atoms with E-state index >= 15 is 0 Å². The standard InChI is InChI=1S/C29H27F3N2O4/c1-17(34-25(35)22-7-5-6-8-23(22)26(34)36)18-9-11-19(12-10-18)24-15-21(29(30,31)32)14-13-20(24)16-33-27(37)38-28(2,3)4/h5-15,17H,16H2,1-4H3,(H,33,37)/t17-/m1/s1. The number of fused-ring (bicyclic) bond motifs is 1. The van der Waals surface area contributed by atoms with Crippen molar-refractivity contribution in [3.63, 3.8) is 0 Å². The second-order valence-corrected chi connectivity index (χ2v) is 10.0. The third kappa shape index (κ3) is 5.56. The van der Waals surface area contributed by atoms with Gasteiger partial charge in [-0.1, -0.05) is 42.5 Å². The average Bonchev–Trinajstić information content (AvgIpc) is 3.10. The Morgan fingerprint density at radius 2 is 1.47 bits per heavy atom. The molecular weight excluding hydrogens is 497 g/mol. The maximum absolute atomic E-state index is 13.5. The number of carbonyl (C=O) groups is 3. The van der Waals surface area contributed by atoms with Gasteiger partial charge in [-0.05, 0) is 74.2 Å². The van der Waals surface area contributed by atoms with E-state index in [-0.39, 0.29) is 12.1 Å². The zero-order chi connectivity index (χ0) is 27.8. The van der Waals surface area contributed by atoms with Gasteiger partial charge in [-0.3, -0.25) is 14.5 Å². The van der Waals surface area contributed by atoms with Crippen molar-refractivity contribution in [2.75, 3.05) is 0 Å². The Bertz CT molecular complexity index is 1360. The number of imide groups is 1. The van der Waals surface area contributed by atoms with Crippen LogP contribution in [0.4, 0.5) is 18.0 Å². The van der Waals surface area contributed by atoms with E-state index in [4.69, 9.17) is 4.74 Å². The Labute approximate surface area is 218 Å². The number of rotatable bonds is 5. The highest BCUT2D eigenvalue weighted by molar-refractivity contribution is 6.21. The van der Waals surface area contributed by atoms with Crippen molar-refractivity contribution in [1.29, 1.82) is 0 Å². The Morgan fingerprint density at radius 1 is 0.895 bits per heavy atom. The van der Waals surface area contributed by atoms with Crippen molar-refractivity contribution < 1.29 is 32.3 Å². The highest BCUT2D eigenvalue weighted by atomic mass is 19.4. The highest BCUT2D eigenvalue weighted by Gasteiger charge is 2.38. The molecule has 3 aromatic carbocycles. The van der Waals surface area contributed by atoms with E-state index in [1.165, 1.54) is 11.0 Å². The molecule has 4 rings (SSSR count). The number of nitrogens with one attached hydrogen (secondary N) is 1. The first-order valence-electron chi connectivity index (χ1n) is 12.0. The molecule has 9 heteroatoms. The molecule has 6 nitrogen and oxygen atoms in total. The van der Waals surface area contributed by atoms with Crippen molar-refractivity contribution in [2.45, 2.75) is 52.1 Å². The van der Waals surface area contributed by atoms with E-state index in [9.17, 15) is 27.6 Å². The predicted octanol–water partition coefficient (Wildman–Crippen LogP) is 6.75. The molecule has 0 aliphatic carbocycles. The zero-order valence-electron chi connectivity index (χ0n) is 21.3. The lowest BCUT2D eigenvalue weighted by Crippen LogP contribution is -2.32. The Balaban J connectivity index is 1.61. The molecule has 1 aliphatic rings. The molecule has 1 aliphatic heterocycles. The number of halogens is 3. The summed E-state index contributed by atoms with van der Waals surface area (Å²) in [5.74, 6) is -0.786. The molecule has 0 aromatic heterocycles. The number of nitrogens with zero attached hydrogens (tertiary/aromatic N) is 1. The Morgan fingerprint density at radius 3 is 2.00 bits per heavy atom. The van der Waals surface area contributed by atoms with Gasteiger partial charge in [0.2, 0.25) is 0 Å². The van der Waals surface area contributed by atoms with E-state index in [0.717, 1.165) is 12.1 Å². The van der Waals surface area contributed by atoms with Gasteiger partial charge in [0, 0.05) is 6.54 Å². The Hall–Kier alpha value is -4.14. The number of carbonyl (C=O) groups excluding carboxylic acids is 3. The number of alkyl carbamates (subject to hydrolysis) is 1. The molecule has 198 valence electrons. The van der Waals surface area contributed by atoms with Crippen molar-refractivity contribution >= 4 is 17.9 Å². The normalized spacial score (nSPS) is 14.3. The first-order chi connectivity index (χ1) is 17.8. The van der Waals surface area contributed by atoms with Crippen LogP contribution in [0.3, 0.4) is 0 Å². The molecule has 1 N–H and O–H groups in total. The number of hydrogen-bond acceptors (Lipinski definition) is 4. The topological polar surface area (TPSA) is 75.7 Å². The summed E-state index contributed by atoms with van der Waals surface area (Å²) >= 11 is 0. The number of hydrogen-bond donors (Lipinski definition) is 1. The van der Waals surface area contributed by atoms with Gasteiger partial charge >= 0.3 is 12.3 Å². The lowest BCUT2D eigenvalue weighted by atomic mass is 9.95. The molecule has 0 spiro atoms. The third-order valence-electron chi connectivity index (χ3n) is 6.18. The van der Waals surface area contributed by atoms with Crippen LogP contribution < -0.4 is 5.32 Å². The van der Waals surface area contributed by atoms with Gasteiger partial charge < -0.3 is 10.1 Å². The summed E-state index contributed by atoms with van der Waals surface area (Å²) in [4.78, 5) is 39.0. The lowest BCUT2D eigenvalue weighted by Gasteiger charge is -2.23. The molecule has 38 heavy (non-hydrogen) atoms. The molecule has 0 radical (unpaired) electrons. The summed E-state index contributed by atoms with van der Waals surface area (Å²) in [6, 6.07) is 15.9. The van der Waals surface area contributed by atoms with Crippen LogP contribution in [0.5, 0.6) is 0 Å². The monoisotopic (exact) mass is 524 g/mol. The molecule has 0 fully saturated rings. The maximum Gasteiger partial charge on any atom is 0.416 e. The Kier molecular flexibility index (Phi) is 7.06. The minimum Gasteiger partial charge on any atom is -0.444 e. The molecule has 3 amide bonds. The molecule has 0 saturated carbocycles. The van der Waals surface area contributed by atoms with E-state index in [0.29, 0.717) is 27.8 Å². The smallest absolute Gasteiger partial charge is 0.416 e. The fourth-order valence-electron chi connectivity index (χ4n) is 4.31. The molecule has 1 atom stereocenters. The van der Waals surface area contributed by atoms with Gasteiger partial charge in [0.1, 0.15) is 5.60 Å². The van der Waals surface area contributed by atoms with Gasteiger partial charge in [-0.15, -0.1) is 0 Å². The van der Waals surface area contributed by atoms with Crippen molar-refractivity contribution in [1.82, 2.24) is 10.2 Å². The van der Waals surface area contributed by atoms with Gasteiger partial charge in [-0.2, -0.15) is 13.2 Å². The van der Waals surface area contributed by atoms with Gasteiger partial charge in [0.05, 0.1) is 22.7 Å². The molecule has 0 saturated heterocycles. The van der Waals surface area contributed by atoms with E-state index < -0.39 is 41.3 Å². The quantitative estimate of drug-likeness (QED) is 0.375. The van der Waals surface area contributed by atoms with Gasteiger partial charge in [-0.25, -0.2) is 4.79 Å². The van der Waals surface area contributed by atoms with E-state index in [1.54, 1.807) is 76.2 Å².